The lowest BCUT2D eigenvalue weighted by Crippen LogP contribution is -2.44. The first-order valence-corrected chi connectivity index (χ1v) is 12.0. The zero-order valence-electron chi connectivity index (χ0n) is 18.6. The summed E-state index contributed by atoms with van der Waals surface area (Å²) in [5.41, 5.74) is 1.61. The van der Waals surface area contributed by atoms with Gasteiger partial charge in [-0.15, -0.1) is 0 Å². The first-order chi connectivity index (χ1) is 16.4. The molecule has 0 saturated heterocycles. The Balaban J connectivity index is 1.71. The van der Waals surface area contributed by atoms with Crippen LogP contribution in [0.15, 0.2) is 89.8 Å². The van der Waals surface area contributed by atoms with Crippen molar-refractivity contribution in [3.05, 3.63) is 96.1 Å². The van der Waals surface area contributed by atoms with Crippen LogP contribution in [-0.4, -0.2) is 33.4 Å². The number of amides is 1. The van der Waals surface area contributed by atoms with Crippen molar-refractivity contribution in [2.75, 3.05) is 7.11 Å². The Hall–Kier alpha value is -3.69. The van der Waals surface area contributed by atoms with Crippen molar-refractivity contribution < 1.29 is 27.5 Å². The van der Waals surface area contributed by atoms with Gasteiger partial charge in [-0.05, 0) is 35.4 Å². The fraction of sp³-hybridized carbons (Fsp3) is 0.200. The summed E-state index contributed by atoms with van der Waals surface area (Å²) in [6, 6.07) is 22.5. The third kappa shape index (κ3) is 7.43. The molecule has 0 bridgehead atoms. The van der Waals surface area contributed by atoms with E-state index < -0.39 is 34.4 Å². The van der Waals surface area contributed by atoms with E-state index in [2.05, 4.69) is 10.0 Å². The number of carbonyl (C=O) groups is 2. The van der Waals surface area contributed by atoms with Crippen LogP contribution in [0.1, 0.15) is 17.5 Å². The number of benzene rings is 3. The van der Waals surface area contributed by atoms with E-state index in [0.29, 0.717) is 5.75 Å². The number of hydrogen-bond donors (Lipinski definition) is 2. The Morgan fingerprint density at radius 1 is 0.853 bits per heavy atom. The van der Waals surface area contributed by atoms with Crippen molar-refractivity contribution in [3.63, 3.8) is 0 Å². The predicted octanol–water partition coefficient (Wildman–Crippen LogP) is 2.79. The highest BCUT2D eigenvalue weighted by molar-refractivity contribution is 7.89. The Bertz CT molecular complexity index is 1180. The van der Waals surface area contributed by atoms with E-state index in [1.807, 2.05) is 36.4 Å². The molecule has 0 heterocycles. The second-order valence-corrected chi connectivity index (χ2v) is 9.12. The zero-order valence-corrected chi connectivity index (χ0v) is 19.5. The van der Waals surface area contributed by atoms with Crippen LogP contribution in [0.2, 0.25) is 0 Å². The highest BCUT2D eigenvalue weighted by atomic mass is 32.2. The molecule has 0 aliphatic carbocycles. The molecular formula is C25H26N2O6S. The highest BCUT2D eigenvalue weighted by Crippen LogP contribution is 2.16. The highest BCUT2D eigenvalue weighted by Gasteiger charge is 2.29. The van der Waals surface area contributed by atoms with Gasteiger partial charge in [0.2, 0.25) is 15.9 Å². The number of sulfonamides is 1. The van der Waals surface area contributed by atoms with Crippen LogP contribution < -0.4 is 14.8 Å². The average Bonchev–Trinajstić information content (AvgIpc) is 2.87. The molecule has 8 nitrogen and oxygen atoms in total. The summed E-state index contributed by atoms with van der Waals surface area (Å²) in [5, 5.41) is 2.70. The molecule has 0 spiro atoms. The minimum atomic E-state index is -4.11. The average molecular weight is 483 g/mol. The summed E-state index contributed by atoms with van der Waals surface area (Å²) in [7, 11) is -2.64. The van der Waals surface area contributed by atoms with Crippen LogP contribution in [0.5, 0.6) is 5.75 Å². The molecule has 0 radical (unpaired) electrons. The van der Waals surface area contributed by atoms with Crippen LogP contribution in [0.4, 0.5) is 0 Å². The summed E-state index contributed by atoms with van der Waals surface area (Å²) >= 11 is 0. The number of carbonyl (C=O) groups excluding carboxylic acids is 2. The molecule has 0 aromatic heterocycles. The summed E-state index contributed by atoms with van der Waals surface area (Å²) in [6.45, 7) is 0.197. The van der Waals surface area contributed by atoms with E-state index in [1.165, 1.54) is 31.4 Å². The first kappa shape index (κ1) is 24.9. The number of ether oxygens (including phenoxy) is 2. The lowest BCUT2D eigenvalue weighted by molar-refractivity contribution is -0.148. The Morgan fingerprint density at radius 3 is 2.03 bits per heavy atom. The third-order valence-electron chi connectivity index (χ3n) is 4.90. The van der Waals surface area contributed by atoms with E-state index in [1.54, 1.807) is 24.3 Å². The summed E-state index contributed by atoms with van der Waals surface area (Å²) < 4.78 is 38.4. The van der Waals surface area contributed by atoms with Crippen molar-refractivity contribution in [2.45, 2.75) is 30.5 Å². The van der Waals surface area contributed by atoms with Crippen LogP contribution in [-0.2, 0) is 37.5 Å². The van der Waals surface area contributed by atoms with E-state index in [-0.39, 0.29) is 18.0 Å². The van der Waals surface area contributed by atoms with Crippen molar-refractivity contribution >= 4 is 21.9 Å². The van der Waals surface area contributed by atoms with Gasteiger partial charge >= 0.3 is 5.97 Å². The van der Waals surface area contributed by atoms with Gasteiger partial charge in [0.05, 0.1) is 18.4 Å². The van der Waals surface area contributed by atoms with Crippen molar-refractivity contribution in [3.8, 4) is 5.75 Å². The van der Waals surface area contributed by atoms with Gasteiger partial charge in [0.15, 0.2) is 0 Å². The maximum atomic E-state index is 12.9. The molecule has 0 unspecified atom stereocenters. The van der Waals surface area contributed by atoms with Gasteiger partial charge in [0, 0.05) is 6.54 Å². The van der Waals surface area contributed by atoms with Crippen LogP contribution >= 0.6 is 0 Å². The molecule has 0 fully saturated rings. The maximum Gasteiger partial charge on any atom is 0.325 e. The van der Waals surface area contributed by atoms with E-state index in [0.717, 1.165) is 11.1 Å². The number of hydrogen-bond acceptors (Lipinski definition) is 6. The van der Waals surface area contributed by atoms with Gasteiger partial charge in [-0.1, -0.05) is 60.7 Å². The number of esters is 1. The van der Waals surface area contributed by atoms with Crippen molar-refractivity contribution in [2.24, 2.45) is 0 Å². The molecule has 178 valence electrons. The normalized spacial score (nSPS) is 11.9. The predicted molar refractivity (Wildman–Crippen MR) is 126 cm³/mol. The lowest BCUT2D eigenvalue weighted by Gasteiger charge is -2.18. The molecule has 1 amide bonds. The fourth-order valence-electron chi connectivity index (χ4n) is 3.07. The lowest BCUT2D eigenvalue weighted by atomic mass is 10.2. The van der Waals surface area contributed by atoms with Gasteiger partial charge in [-0.25, -0.2) is 8.42 Å². The van der Waals surface area contributed by atoms with E-state index >= 15 is 0 Å². The molecule has 3 aromatic rings. The molecule has 1 atom stereocenters. The second kappa shape index (κ2) is 12.0. The van der Waals surface area contributed by atoms with Crippen LogP contribution in [0, 0.1) is 0 Å². The molecule has 3 rings (SSSR count). The smallest absolute Gasteiger partial charge is 0.325 e. The molecule has 34 heavy (non-hydrogen) atoms. The fourth-order valence-corrected chi connectivity index (χ4v) is 4.25. The van der Waals surface area contributed by atoms with Gasteiger partial charge < -0.3 is 14.8 Å². The molecular weight excluding hydrogens is 456 g/mol. The summed E-state index contributed by atoms with van der Waals surface area (Å²) in [5.74, 6) is -0.864. The third-order valence-corrected chi connectivity index (χ3v) is 6.39. The van der Waals surface area contributed by atoms with Gasteiger partial charge in [0.1, 0.15) is 18.4 Å². The van der Waals surface area contributed by atoms with Crippen molar-refractivity contribution in [1.29, 1.82) is 0 Å². The Labute approximate surface area is 199 Å². The van der Waals surface area contributed by atoms with E-state index in [9.17, 15) is 18.0 Å². The van der Waals surface area contributed by atoms with Crippen LogP contribution in [0.25, 0.3) is 0 Å². The first-order valence-electron chi connectivity index (χ1n) is 10.5. The van der Waals surface area contributed by atoms with E-state index in [4.69, 9.17) is 9.47 Å². The minimum absolute atomic E-state index is 0.0495. The van der Waals surface area contributed by atoms with Gasteiger partial charge in [-0.2, -0.15) is 4.72 Å². The second-order valence-electron chi connectivity index (χ2n) is 7.41. The monoisotopic (exact) mass is 482 g/mol. The quantitative estimate of drug-likeness (QED) is 0.407. The zero-order chi connectivity index (χ0) is 24.4. The maximum absolute atomic E-state index is 12.9. The van der Waals surface area contributed by atoms with Crippen molar-refractivity contribution in [1.82, 2.24) is 10.0 Å². The summed E-state index contributed by atoms with van der Waals surface area (Å²) in [6.07, 6.45) is -0.421. The molecule has 0 aliphatic rings. The Kier molecular flexibility index (Phi) is 8.78. The largest absolute Gasteiger partial charge is 0.497 e. The standard InChI is InChI=1S/C25H26N2O6S/c1-32-21-12-14-22(15-13-21)34(30,31)27-23(25(29)33-18-20-10-6-3-7-11-20)16-24(28)26-17-19-8-4-2-5-9-19/h2-15,23,27H,16-18H2,1H3,(H,26,28)/t23-/m1/s1. The molecule has 3 aromatic carbocycles. The molecule has 9 heteroatoms. The summed E-state index contributed by atoms with van der Waals surface area (Å²) in [4.78, 5) is 25.3. The topological polar surface area (TPSA) is 111 Å². The van der Waals surface area contributed by atoms with Gasteiger partial charge in [-0.3, -0.25) is 9.59 Å². The molecule has 0 aliphatic heterocycles. The SMILES string of the molecule is COc1ccc(S(=O)(=O)N[C@H](CC(=O)NCc2ccccc2)C(=O)OCc2ccccc2)cc1. The number of rotatable bonds is 11. The number of methoxy groups -OCH3 is 1. The molecule has 0 saturated carbocycles. The Morgan fingerprint density at radius 2 is 1.44 bits per heavy atom. The molecule has 2 N–H and O–H groups in total. The van der Waals surface area contributed by atoms with Crippen LogP contribution in [0.3, 0.4) is 0 Å². The minimum Gasteiger partial charge on any atom is -0.497 e. The van der Waals surface area contributed by atoms with Gasteiger partial charge in [0.25, 0.3) is 0 Å². The number of nitrogens with one attached hydrogen (secondary N) is 2.